The molecule has 0 bridgehead atoms. The van der Waals surface area contributed by atoms with Crippen molar-refractivity contribution in [2.24, 2.45) is 0 Å². The molecule has 1 aliphatic rings. The van der Waals surface area contributed by atoms with Crippen molar-refractivity contribution in [1.29, 1.82) is 0 Å². The molecular weight excluding hydrogens is 377 g/mol. The number of nitrogens with one attached hydrogen (secondary N) is 1. The van der Waals surface area contributed by atoms with Gasteiger partial charge in [-0.15, -0.1) is 0 Å². The number of carboxylic acid groups (broad SMARTS) is 2. The predicted octanol–water partition coefficient (Wildman–Crippen LogP) is 2.99. The quantitative estimate of drug-likeness (QED) is 0.634. The summed E-state index contributed by atoms with van der Waals surface area (Å²) in [6.45, 7) is 5.51. The average Bonchev–Trinajstić information content (AvgIpc) is 2.65. The Morgan fingerprint density at radius 2 is 1.68 bits per heavy atom. The lowest BCUT2D eigenvalue weighted by Gasteiger charge is -2.31. The molecule has 1 heterocycles. The normalized spacial score (nSPS) is 15.9. The summed E-state index contributed by atoms with van der Waals surface area (Å²) in [4.78, 5) is 21.5. The third kappa shape index (κ3) is 9.01. The van der Waals surface area contributed by atoms with Crippen molar-refractivity contribution in [3.05, 3.63) is 47.5 Å². The summed E-state index contributed by atoms with van der Waals surface area (Å²) in [6.07, 6.45) is -1.15. The minimum Gasteiger partial charge on any atom is -0.478 e. The van der Waals surface area contributed by atoms with E-state index in [0.717, 1.165) is 38.5 Å². The zero-order valence-corrected chi connectivity index (χ0v) is 15.6. The SMILES string of the molecule is CCN1CCC(NCc2ccccc2C(F)(F)F)CC1.O=C(O)C=CC(=O)O. The Balaban J connectivity index is 0.000000416. The maximum atomic E-state index is 12.9. The van der Waals surface area contributed by atoms with Gasteiger partial charge in [0.05, 0.1) is 5.56 Å². The number of benzene rings is 1. The first kappa shape index (κ1) is 23.6. The van der Waals surface area contributed by atoms with Crippen molar-refractivity contribution in [2.75, 3.05) is 19.6 Å². The number of carbonyl (C=O) groups is 2. The highest BCUT2D eigenvalue weighted by atomic mass is 19.4. The van der Waals surface area contributed by atoms with Gasteiger partial charge in [0.15, 0.2) is 0 Å². The predicted molar refractivity (Wildman–Crippen MR) is 97.8 cm³/mol. The van der Waals surface area contributed by atoms with Crippen LogP contribution in [0.1, 0.15) is 30.9 Å². The minimum absolute atomic E-state index is 0.284. The van der Waals surface area contributed by atoms with Gasteiger partial charge in [-0.2, -0.15) is 13.2 Å². The molecule has 1 saturated heterocycles. The number of piperidine rings is 1. The average molecular weight is 402 g/mol. The largest absolute Gasteiger partial charge is 0.478 e. The number of hydrogen-bond acceptors (Lipinski definition) is 4. The topological polar surface area (TPSA) is 89.9 Å². The number of nitrogens with zero attached hydrogens (tertiary/aromatic N) is 1. The molecule has 28 heavy (non-hydrogen) atoms. The summed E-state index contributed by atoms with van der Waals surface area (Å²) in [5, 5.41) is 18.9. The molecule has 0 unspecified atom stereocenters. The monoisotopic (exact) mass is 402 g/mol. The first-order chi connectivity index (χ1) is 13.1. The van der Waals surface area contributed by atoms with Crippen LogP contribution in [0.3, 0.4) is 0 Å². The summed E-state index contributed by atoms with van der Waals surface area (Å²) < 4.78 is 38.6. The van der Waals surface area contributed by atoms with E-state index >= 15 is 0 Å². The van der Waals surface area contributed by atoms with Gasteiger partial charge in [-0.05, 0) is 44.1 Å². The van der Waals surface area contributed by atoms with Crippen molar-refractivity contribution in [3.63, 3.8) is 0 Å². The van der Waals surface area contributed by atoms with Crippen LogP contribution in [0, 0.1) is 0 Å². The molecule has 1 fully saturated rings. The molecule has 3 N–H and O–H groups in total. The van der Waals surface area contributed by atoms with Gasteiger partial charge in [0.2, 0.25) is 0 Å². The Morgan fingerprint density at radius 3 is 2.14 bits per heavy atom. The fraction of sp³-hybridized carbons (Fsp3) is 0.474. The standard InChI is InChI=1S/C15H21F3N2.C4H4O4/c1-2-20-9-7-13(8-10-20)19-11-12-5-3-4-6-14(12)15(16,17)18;5-3(6)1-2-4(7)8/h3-6,13,19H,2,7-11H2,1H3;1-2H,(H,5,6)(H,7,8). The first-order valence-corrected chi connectivity index (χ1v) is 8.88. The maximum Gasteiger partial charge on any atom is 0.416 e. The third-order valence-electron chi connectivity index (χ3n) is 4.31. The second kappa shape index (κ2) is 11.5. The lowest BCUT2D eigenvalue weighted by molar-refractivity contribution is -0.138. The summed E-state index contributed by atoms with van der Waals surface area (Å²) in [5.74, 6) is -2.51. The maximum absolute atomic E-state index is 12.9. The van der Waals surface area contributed by atoms with E-state index in [0.29, 0.717) is 23.8 Å². The molecule has 2 rings (SSSR count). The minimum atomic E-state index is -4.27. The van der Waals surface area contributed by atoms with Gasteiger partial charge in [-0.3, -0.25) is 0 Å². The van der Waals surface area contributed by atoms with Crippen LogP contribution in [0.4, 0.5) is 13.2 Å². The Hall–Kier alpha value is -2.39. The number of halogens is 3. The molecule has 0 spiro atoms. The number of likely N-dealkylation sites (tertiary alicyclic amines) is 1. The van der Waals surface area contributed by atoms with Crippen molar-refractivity contribution in [1.82, 2.24) is 10.2 Å². The van der Waals surface area contributed by atoms with E-state index < -0.39 is 23.7 Å². The molecule has 156 valence electrons. The number of alkyl halides is 3. The van der Waals surface area contributed by atoms with Crippen molar-refractivity contribution >= 4 is 11.9 Å². The highest BCUT2D eigenvalue weighted by Gasteiger charge is 2.32. The molecule has 0 aliphatic carbocycles. The summed E-state index contributed by atoms with van der Waals surface area (Å²) >= 11 is 0. The van der Waals surface area contributed by atoms with E-state index in [1.54, 1.807) is 12.1 Å². The van der Waals surface area contributed by atoms with Crippen LogP contribution >= 0.6 is 0 Å². The zero-order chi connectivity index (χ0) is 21.2. The molecular formula is C19H25F3N2O4. The second-order valence-electron chi connectivity index (χ2n) is 6.25. The molecule has 0 radical (unpaired) electrons. The highest BCUT2D eigenvalue weighted by Crippen LogP contribution is 2.31. The number of carboxylic acids is 2. The number of rotatable bonds is 6. The molecule has 0 amide bonds. The zero-order valence-electron chi connectivity index (χ0n) is 15.6. The summed E-state index contributed by atoms with van der Waals surface area (Å²) in [6, 6.07) is 6.12. The van der Waals surface area contributed by atoms with E-state index in [4.69, 9.17) is 10.2 Å². The fourth-order valence-electron chi connectivity index (χ4n) is 2.80. The van der Waals surface area contributed by atoms with Crippen molar-refractivity contribution in [3.8, 4) is 0 Å². The van der Waals surface area contributed by atoms with Crippen LogP contribution in [0.15, 0.2) is 36.4 Å². The lowest BCUT2D eigenvalue weighted by Crippen LogP contribution is -2.42. The molecule has 0 saturated carbocycles. The second-order valence-corrected chi connectivity index (χ2v) is 6.25. The van der Waals surface area contributed by atoms with Crippen LogP contribution < -0.4 is 5.32 Å². The lowest BCUT2D eigenvalue weighted by atomic mass is 10.0. The Kier molecular flexibility index (Phi) is 9.67. The molecule has 9 heteroatoms. The van der Waals surface area contributed by atoms with E-state index in [-0.39, 0.29) is 6.54 Å². The number of hydrogen-bond donors (Lipinski definition) is 3. The first-order valence-electron chi connectivity index (χ1n) is 8.88. The van der Waals surface area contributed by atoms with Crippen molar-refractivity contribution in [2.45, 2.75) is 38.5 Å². The summed E-state index contributed by atoms with van der Waals surface area (Å²) in [5.41, 5.74) is -0.198. The Bertz CT molecular complexity index is 653. The Morgan fingerprint density at radius 1 is 1.14 bits per heavy atom. The van der Waals surface area contributed by atoms with Crippen LogP contribution in [0.2, 0.25) is 0 Å². The smallest absolute Gasteiger partial charge is 0.416 e. The van der Waals surface area contributed by atoms with Crippen LogP contribution in [0.5, 0.6) is 0 Å². The van der Waals surface area contributed by atoms with Crippen LogP contribution in [-0.4, -0.2) is 52.7 Å². The molecule has 0 aromatic heterocycles. The van der Waals surface area contributed by atoms with E-state index in [2.05, 4.69) is 17.1 Å². The number of aliphatic carboxylic acids is 2. The van der Waals surface area contributed by atoms with Gasteiger partial charge < -0.3 is 20.4 Å². The highest BCUT2D eigenvalue weighted by molar-refractivity contribution is 5.89. The Labute approximate surface area is 161 Å². The molecule has 0 atom stereocenters. The summed E-state index contributed by atoms with van der Waals surface area (Å²) in [7, 11) is 0. The van der Waals surface area contributed by atoms with Crippen molar-refractivity contribution < 1.29 is 33.0 Å². The van der Waals surface area contributed by atoms with Crippen LogP contribution in [-0.2, 0) is 22.3 Å². The van der Waals surface area contributed by atoms with Crippen LogP contribution in [0.25, 0.3) is 0 Å². The molecule has 6 nitrogen and oxygen atoms in total. The van der Waals surface area contributed by atoms with E-state index in [1.807, 2.05) is 0 Å². The third-order valence-corrected chi connectivity index (χ3v) is 4.31. The van der Waals surface area contributed by atoms with E-state index in [9.17, 15) is 22.8 Å². The van der Waals surface area contributed by atoms with Gasteiger partial charge in [-0.25, -0.2) is 9.59 Å². The van der Waals surface area contributed by atoms with Gasteiger partial charge >= 0.3 is 18.1 Å². The van der Waals surface area contributed by atoms with Gasteiger partial charge in [0, 0.05) is 24.7 Å². The van der Waals surface area contributed by atoms with E-state index in [1.165, 1.54) is 6.07 Å². The molecule has 1 aromatic carbocycles. The van der Waals surface area contributed by atoms with Gasteiger partial charge in [0.1, 0.15) is 0 Å². The van der Waals surface area contributed by atoms with Gasteiger partial charge in [-0.1, -0.05) is 25.1 Å². The fourth-order valence-corrected chi connectivity index (χ4v) is 2.80. The van der Waals surface area contributed by atoms with Gasteiger partial charge in [0.25, 0.3) is 0 Å². The molecule has 1 aliphatic heterocycles. The molecule has 1 aromatic rings.